The van der Waals surface area contributed by atoms with E-state index in [2.05, 4.69) is 12.2 Å². The van der Waals surface area contributed by atoms with E-state index >= 15 is 0 Å². The van der Waals surface area contributed by atoms with E-state index < -0.39 is 0 Å². The summed E-state index contributed by atoms with van der Waals surface area (Å²) in [6.45, 7) is 8.59. The average molecular weight is 354 g/mol. The van der Waals surface area contributed by atoms with E-state index in [9.17, 15) is 9.59 Å². The quantitative estimate of drug-likeness (QED) is 0.764. The summed E-state index contributed by atoms with van der Waals surface area (Å²) in [6, 6.07) is -0.346. The van der Waals surface area contributed by atoms with Crippen molar-refractivity contribution < 1.29 is 30.7 Å². The minimum Gasteiger partial charge on any atom is -0.348 e. The van der Waals surface area contributed by atoms with Gasteiger partial charge >= 0.3 is 21.1 Å². The second-order valence-corrected chi connectivity index (χ2v) is 2.98. The van der Waals surface area contributed by atoms with Crippen LogP contribution in [0.25, 0.3) is 0 Å². The van der Waals surface area contributed by atoms with Gasteiger partial charge in [-0.1, -0.05) is 19.8 Å². The fourth-order valence-corrected chi connectivity index (χ4v) is 0.805. The second-order valence-electron chi connectivity index (χ2n) is 2.98. The van der Waals surface area contributed by atoms with Gasteiger partial charge in [0.25, 0.3) is 0 Å². The second kappa shape index (κ2) is 7.25. The molecular weight excluding hydrogens is 338 g/mol. The van der Waals surface area contributed by atoms with Crippen LogP contribution in [0.2, 0.25) is 0 Å². The van der Waals surface area contributed by atoms with E-state index in [0.29, 0.717) is 6.42 Å². The summed E-state index contributed by atoms with van der Waals surface area (Å²) in [5.74, 6) is -0.484. The molecular formula is C9H16NO2W+. The zero-order valence-electron chi connectivity index (χ0n) is 8.29. The van der Waals surface area contributed by atoms with E-state index in [1.165, 1.54) is 6.92 Å². The van der Waals surface area contributed by atoms with E-state index in [0.717, 1.165) is 0 Å². The third kappa shape index (κ3) is 5.98. The van der Waals surface area contributed by atoms with Crippen molar-refractivity contribution in [2.24, 2.45) is 5.92 Å². The zero-order chi connectivity index (χ0) is 9.72. The van der Waals surface area contributed by atoms with Gasteiger partial charge in [-0.25, -0.2) is 0 Å². The van der Waals surface area contributed by atoms with Crippen LogP contribution in [0.4, 0.5) is 0 Å². The first-order valence-electron chi connectivity index (χ1n) is 4.13. The van der Waals surface area contributed by atoms with E-state index in [1.54, 1.807) is 6.92 Å². The maximum absolute atomic E-state index is 11.1. The molecule has 0 rings (SSSR count). The molecule has 0 heterocycles. The van der Waals surface area contributed by atoms with Crippen molar-refractivity contribution in [3.05, 3.63) is 6.92 Å². The van der Waals surface area contributed by atoms with Crippen molar-refractivity contribution in [2.75, 3.05) is 0 Å². The van der Waals surface area contributed by atoms with E-state index in [-0.39, 0.29) is 44.7 Å². The van der Waals surface area contributed by atoms with Gasteiger partial charge in [-0.2, -0.15) is 0 Å². The molecule has 0 aromatic heterocycles. The van der Waals surface area contributed by atoms with Gasteiger partial charge in [0, 0.05) is 0 Å². The number of carbonyl (C=O) groups is 2. The number of amides is 1. The van der Waals surface area contributed by atoms with Crippen LogP contribution in [0.15, 0.2) is 0 Å². The molecule has 0 saturated carbocycles. The Morgan fingerprint density at radius 2 is 1.92 bits per heavy atom. The molecule has 0 bridgehead atoms. The first kappa shape index (κ1) is 15.3. The van der Waals surface area contributed by atoms with Crippen LogP contribution in [-0.4, -0.2) is 17.7 Å². The number of hydrogen-bond donors (Lipinski definition) is 1. The molecule has 0 aliphatic rings. The Morgan fingerprint density at radius 3 is 2.15 bits per heavy atom. The summed E-state index contributed by atoms with van der Waals surface area (Å²) in [7, 11) is 0. The van der Waals surface area contributed by atoms with Crippen LogP contribution in [0.5, 0.6) is 0 Å². The third-order valence-corrected chi connectivity index (χ3v) is 1.66. The van der Waals surface area contributed by atoms with Gasteiger partial charge in [-0.3, -0.25) is 9.59 Å². The minimum atomic E-state index is -0.346. The van der Waals surface area contributed by atoms with Crippen LogP contribution >= 0.6 is 0 Å². The molecule has 0 saturated heterocycles. The number of ketones is 1. The molecule has 0 aliphatic heterocycles. The summed E-state index contributed by atoms with van der Waals surface area (Å²) in [6.07, 6.45) is 0.633. The Morgan fingerprint density at radius 1 is 1.46 bits per heavy atom. The monoisotopic (exact) mass is 354 g/mol. The van der Waals surface area contributed by atoms with Crippen molar-refractivity contribution in [1.29, 1.82) is 0 Å². The Balaban J connectivity index is 0. The molecule has 0 aromatic carbocycles. The largest absolute Gasteiger partial charge is 2.00 e. The van der Waals surface area contributed by atoms with Crippen LogP contribution in [0.1, 0.15) is 27.2 Å². The fraction of sp³-hybridized carbons (Fsp3) is 0.667. The van der Waals surface area contributed by atoms with Gasteiger partial charge in [0.2, 0.25) is 0 Å². The van der Waals surface area contributed by atoms with Gasteiger partial charge in [0.15, 0.2) is 11.7 Å². The SMILES string of the molecule is [CH2-]C(C)C(=O)NC(CC)C(C)=O.[W+2]. The summed E-state index contributed by atoms with van der Waals surface area (Å²) in [5, 5.41) is 2.61. The fourth-order valence-electron chi connectivity index (χ4n) is 0.805. The Labute approximate surface area is 93.9 Å². The third-order valence-electron chi connectivity index (χ3n) is 1.66. The van der Waals surface area contributed by atoms with Gasteiger partial charge in [0.1, 0.15) is 0 Å². The van der Waals surface area contributed by atoms with Crippen LogP contribution in [0.3, 0.4) is 0 Å². The van der Waals surface area contributed by atoms with Crippen LogP contribution < -0.4 is 5.32 Å². The molecule has 2 atom stereocenters. The summed E-state index contributed by atoms with van der Waals surface area (Å²) >= 11 is 0. The van der Waals surface area contributed by atoms with Gasteiger partial charge in [-0.15, -0.1) is 0 Å². The van der Waals surface area contributed by atoms with Crippen LogP contribution in [0, 0.1) is 12.8 Å². The Kier molecular flexibility index (Phi) is 8.54. The van der Waals surface area contributed by atoms with Gasteiger partial charge in [0.05, 0.1) is 6.04 Å². The molecule has 0 aromatic rings. The molecule has 0 fully saturated rings. The molecule has 0 spiro atoms. The number of rotatable bonds is 4. The predicted molar refractivity (Wildman–Crippen MR) is 47.4 cm³/mol. The average Bonchev–Trinajstić information content (AvgIpc) is 1.98. The molecule has 13 heavy (non-hydrogen) atoms. The standard InChI is InChI=1S/C9H16NO2.W/c1-5-8(7(4)11)10-9(12)6(2)3;/h6,8H,2,5H2,1,3-4H3,(H,10,12);/q-1;+2. The maximum atomic E-state index is 11.1. The molecule has 1 N–H and O–H groups in total. The van der Waals surface area contributed by atoms with Gasteiger partial charge < -0.3 is 12.2 Å². The number of Topliss-reactive ketones (excluding diaryl/α,β-unsaturated/α-hetero) is 1. The topological polar surface area (TPSA) is 46.2 Å². The number of nitrogens with one attached hydrogen (secondary N) is 1. The van der Waals surface area contributed by atoms with E-state index in [1.807, 2.05) is 6.92 Å². The zero-order valence-corrected chi connectivity index (χ0v) is 11.2. The van der Waals surface area contributed by atoms with Crippen molar-refractivity contribution >= 4 is 11.7 Å². The minimum absolute atomic E-state index is 0. The van der Waals surface area contributed by atoms with Crippen LogP contribution in [-0.2, 0) is 30.7 Å². The van der Waals surface area contributed by atoms with Crippen molar-refractivity contribution in [1.82, 2.24) is 5.32 Å². The number of carbonyl (C=O) groups excluding carboxylic acids is 2. The van der Waals surface area contributed by atoms with Gasteiger partial charge in [-0.05, 0) is 13.3 Å². The first-order valence-corrected chi connectivity index (χ1v) is 4.13. The Bertz CT molecular complexity index is 180. The Hall–Kier alpha value is -0.172. The smallest absolute Gasteiger partial charge is 0.348 e. The summed E-state index contributed by atoms with van der Waals surface area (Å²) in [5.41, 5.74) is 0. The molecule has 1 amide bonds. The predicted octanol–water partition coefficient (Wildman–Crippen LogP) is 0.938. The van der Waals surface area contributed by atoms with Crippen molar-refractivity contribution in [2.45, 2.75) is 33.2 Å². The van der Waals surface area contributed by atoms with Crippen molar-refractivity contribution in [3.8, 4) is 0 Å². The summed E-state index contributed by atoms with van der Waals surface area (Å²) < 4.78 is 0. The maximum Gasteiger partial charge on any atom is 2.00 e. The van der Waals surface area contributed by atoms with E-state index in [4.69, 9.17) is 0 Å². The molecule has 0 radical (unpaired) electrons. The summed E-state index contributed by atoms with van der Waals surface area (Å²) in [4.78, 5) is 22.0. The molecule has 74 valence electrons. The number of hydrogen-bond acceptors (Lipinski definition) is 2. The first-order chi connectivity index (χ1) is 5.49. The van der Waals surface area contributed by atoms with Crippen molar-refractivity contribution in [3.63, 3.8) is 0 Å². The molecule has 4 heteroatoms. The molecule has 0 aliphatic carbocycles. The molecule has 3 nitrogen and oxygen atoms in total. The normalized spacial score (nSPS) is 13.8. The molecule has 2 unspecified atom stereocenters.